The van der Waals surface area contributed by atoms with Gasteiger partial charge in [0.25, 0.3) is 0 Å². The monoisotopic (exact) mass is 172 g/mol. The van der Waals surface area contributed by atoms with E-state index in [-0.39, 0.29) is 39.7 Å². The fraction of sp³-hybridized carbons (Fsp3) is 1.00. The van der Waals surface area contributed by atoms with E-state index in [1.807, 2.05) is 0 Å². The molecular formula is C6H14NaO2P. The Morgan fingerprint density at radius 2 is 2.10 bits per heavy atom. The molecule has 0 rings (SSSR count). The summed E-state index contributed by atoms with van der Waals surface area (Å²) in [5.74, 6) is 0. The van der Waals surface area contributed by atoms with Gasteiger partial charge in [-0.25, -0.2) is 4.57 Å². The van der Waals surface area contributed by atoms with Gasteiger partial charge in [0.1, 0.15) is 0 Å². The van der Waals surface area contributed by atoms with Gasteiger partial charge in [0.15, 0.2) is 0 Å². The van der Waals surface area contributed by atoms with E-state index in [0.29, 0.717) is 6.61 Å². The third-order valence-corrected chi connectivity index (χ3v) is 1.43. The van der Waals surface area contributed by atoms with E-state index in [1.165, 1.54) is 19.3 Å². The van der Waals surface area contributed by atoms with Gasteiger partial charge in [-0.15, -0.1) is 0 Å². The molecule has 0 fully saturated rings. The Hall–Kier alpha value is 1.06. The first kappa shape index (κ1) is 13.6. The summed E-state index contributed by atoms with van der Waals surface area (Å²) in [5.41, 5.74) is 0. The Labute approximate surface area is 87.8 Å². The van der Waals surface area contributed by atoms with E-state index in [2.05, 4.69) is 11.4 Å². The maximum absolute atomic E-state index is 9.71. The van der Waals surface area contributed by atoms with E-state index >= 15 is 0 Å². The molecule has 0 radical (unpaired) electrons. The Kier molecular flexibility index (Phi) is 17.3. The zero-order valence-electron chi connectivity index (χ0n) is 7.80. The third kappa shape index (κ3) is 11.8. The van der Waals surface area contributed by atoms with E-state index in [0.717, 1.165) is 6.42 Å². The van der Waals surface area contributed by atoms with Crippen molar-refractivity contribution >= 4 is 8.69 Å². The molecule has 0 aliphatic rings. The molecule has 10 heavy (non-hydrogen) atoms. The average molecular weight is 172 g/mol. The third-order valence-electron chi connectivity index (χ3n) is 1.14. The van der Waals surface area contributed by atoms with Crippen molar-refractivity contribution in [3.63, 3.8) is 0 Å². The second-order valence-corrected chi connectivity index (χ2v) is 2.38. The molecule has 0 aromatic carbocycles. The van der Waals surface area contributed by atoms with Gasteiger partial charge in [-0.3, -0.25) is 4.52 Å². The average Bonchev–Trinajstić information content (AvgIpc) is 1.89. The summed E-state index contributed by atoms with van der Waals surface area (Å²) in [5, 5.41) is 0. The molecule has 2 nitrogen and oxygen atoms in total. The van der Waals surface area contributed by atoms with Gasteiger partial charge >= 0.3 is 38.2 Å². The van der Waals surface area contributed by atoms with Crippen LogP contribution in [0.2, 0.25) is 0 Å². The van der Waals surface area contributed by atoms with E-state index < -0.39 is 0 Å². The van der Waals surface area contributed by atoms with Crippen LogP contribution in [0.4, 0.5) is 0 Å². The molecule has 0 aliphatic heterocycles. The van der Waals surface area contributed by atoms with Gasteiger partial charge in [0.2, 0.25) is 0 Å². The largest absolute Gasteiger partial charge is 1.00 e. The van der Waals surface area contributed by atoms with Crippen molar-refractivity contribution in [2.75, 3.05) is 6.61 Å². The van der Waals surface area contributed by atoms with Gasteiger partial charge < -0.3 is 1.43 Å². The summed E-state index contributed by atoms with van der Waals surface area (Å²) in [4.78, 5) is 0. The van der Waals surface area contributed by atoms with Crippen molar-refractivity contribution in [3.05, 3.63) is 0 Å². The van der Waals surface area contributed by atoms with Crippen molar-refractivity contribution in [3.8, 4) is 0 Å². The molecule has 0 heterocycles. The quantitative estimate of drug-likeness (QED) is 0.318. The van der Waals surface area contributed by atoms with Gasteiger partial charge in [0.05, 0.1) is 6.61 Å². The first-order valence-electron chi connectivity index (χ1n) is 3.36. The van der Waals surface area contributed by atoms with Crippen molar-refractivity contribution < 1.29 is 40.1 Å². The fourth-order valence-electron chi connectivity index (χ4n) is 0.631. The van der Waals surface area contributed by atoms with Gasteiger partial charge in [0, 0.05) is 0 Å². The molecular weight excluding hydrogens is 158 g/mol. The maximum atomic E-state index is 9.71. The second-order valence-electron chi connectivity index (χ2n) is 1.97. The van der Waals surface area contributed by atoms with Crippen molar-refractivity contribution in [2.24, 2.45) is 0 Å². The minimum atomic E-state index is -0.185. The molecule has 0 amide bonds. The minimum Gasteiger partial charge on any atom is -1.00 e. The van der Waals surface area contributed by atoms with Crippen molar-refractivity contribution in [1.29, 1.82) is 0 Å². The first-order chi connectivity index (χ1) is 4.41. The standard InChI is InChI=1S/C6H13O2P.Na.H/c1-2-3-4-5-6-8-9-7;;/h2-6H2,1H3;;/q;+1;-1. The number of hydrogen-bond acceptors (Lipinski definition) is 2. The molecule has 0 aromatic rings. The van der Waals surface area contributed by atoms with Gasteiger partial charge in [-0.05, 0) is 6.42 Å². The molecule has 0 saturated carbocycles. The summed E-state index contributed by atoms with van der Waals surface area (Å²) in [6.45, 7) is 2.79. The van der Waals surface area contributed by atoms with E-state index in [9.17, 15) is 4.57 Å². The molecule has 0 saturated heterocycles. The van der Waals surface area contributed by atoms with Crippen LogP contribution in [0.1, 0.15) is 34.0 Å². The Morgan fingerprint density at radius 1 is 1.40 bits per heavy atom. The Bertz CT molecular complexity index is 75.6. The first-order valence-corrected chi connectivity index (χ1v) is 4.09. The number of rotatable bonds is 6. The van der Waals surface area contributed by atoms with Crippen LogP contribution in [0.5, 0.6) is 0 Å². The molecule has 0 aliphatic carbocycles. The predicted octanol–water partition coefficient (Wildman–Crippen LogP) is -0.0935. The summed E-state index contributed by atoms with van der Waals surface area (Å²) < 4.78 is 14.3. The Morgan fingerprint density at radius 3 is 2.60 bits per heavy atom. The molecule has 0 N–H and O–H groups in total. The topological polar surface area (TPSA) is 26.3 Å². The Balaban J connectivity index is -0.000000320. The van der Waals surface area contributed by atoms with Gasteiger partial charge in [-0.2, -0.15) is 0 Å². The second kappa shape index (κ2) is 12.7. The van der Waals surface area contributed by atoms with Crippen LogP contribution in [0, 0.1) is 0 Å². The van der Waals surface area contributed by atoms with Crippen molar-refractivity contribution in [1.82, 2.24) is 0 Å². The fourth-order valence-corrected chi connectivity index (χ4v) is 0.834. The van der Waals surface area contributed by atoms with Crippen molar-refractivity contribution in [2.45, 2.75) is 32.6 Å². The normalized spacial score (nSPS) is 9.30. The van der Waals surface area contributed by atoms with E-state index in [1.54, 1.807) is 0 Å². The smallest absolute Gasteiger partial charge is 1.00 e. The summed E-state index contributed by atoms with van der Waals surface area (Å²) >= 11 is 0. The molecule has 56 valence electrons. The molecule has 0 atom stereocenters. The SMILES string of the molecule is CCCCCCOP=O.[H-].[Na+]. The van der Waals surface area contributed by atoms with Crippen LogP contribution in [0.25, 0.3) is 0 Å². The zero-order valence-corrected chi connectivity index (χ0v) is 9.69. The van der Waals surface area contributed by atoms with Crippen LogP contribution in [0.15, 0.2) is 0 Å². The molecule has 0 aromatic heterocycles. The summed E-state index contributed by atoms with van der Waals surface area (Å²) in [6.07, 6.45) is 4.70. The van der Waals surface area contributed by atoms with Crippen LogP contribution in [-0.4, -0.2) is 6.61 Å². The number of hydrogen-bond donors (Lipinski definition) is 0. The van der Waals surface area contributed by atoms with Crippen LogP contribution >= 0.6 is 8.69 Å². The molecule has 0 bridgehead atoms. The van der Waals surface area contributed by atoms with Crippen LogP contribution in [-0.2, 0) is 9.09 Å². The molecule has 4 heteroatoms. The number of unbranched alkanes of at least 4 members (excludes halogenated alkanes) is 3. The summed E-state index contributed by atoms with van der Waals surface area (Å²) in [6, 6.07) is 0. The predicted molar refractivity (Wildman–Crippen MR) is 38.8 cm³/mol. The maximum Gasteiger partial charge on any atom is 1.00 e. The molecule has 0 spiro atoms. The van der Waals surface area contributed by atoms with Crippen LogP contribution in [0.3, 0.4) is 0 Å². The zero-order chi connectivity index (χ0) is 6.95. The molecule has 0 unspecified atom stereocenters. The summed E-state index contributed by atoms with van der Waals surface area (Å²) in [7, 11) is -0.185. The van der Waals surface area contributed by atoms with E-state index in [4.69, 9.17) is 0 Å². The minimum absolute atomic E-state index is 0. The van der Waals surface area contributed by atoms with Crippen LogP contribution < -0.4 is 29.6 Å². The van der Waals surface area contributed by atoms with Gasteiger partial charge in [-0.1, -0.05) is 26.2 Å².